The van der Waals surface area contributed by atoms with Gasteiger partial charge in [0.1, 0.15) is 0 Å². The van der Waals surface area contributed by atoms with E-state index in [9.17, 15) is 13.6 Å². The molecule has 0 bridgehead atoms. The number of hydrogen-bond donors (Lipinski definition) is 2. The largest absolute Gasteiger partial charge is 0.330 e. The van der Waals surface area contributed by atoms with Crippen LogP contribution < -0.4 is 11.1 Å². The Kier molecular flexibility index (Phi) is 8.30. The second kappa shape index (κ2) is 9.73. The summed E-state index contributed by atoms with van der Waals surface area (Å²) >= 11 is 0.491. The van der Waals surface area contributed by atoms with Crippen LogP contribution >= 0.6 is 11.8 Å². The molecule has 0 radical (unpaired) electrons. The van der Waals surface area contributed by atoms with E-state index < -0.39 is 5.76 Å². The maximum atomic E-state index is 12.2. The molecule has 0 aliphatic rings. The van der Waals surface area contributed by atoms with E-state index in [2.05, 4.69) is 12.2 Å². The number of amides is 1. The van der Waals surface area contributed by atoms with Crippen LogP contribution in [0.5, 0.6) is 0 Å². The number of alkyl halides is 2. The first-order valence-corrected chi connectivity index (χ1v) is 7.98. The normalized spacial score (nSPS) is 12.4. The second-order valence-corrected chi connectivity index (χ2v) is 5.90. The molecule has 1 aromatic carbocycles. The molecule has 3 N–H and O–H groups in total. The Morgan fingerprint density at radius 1 is 1.29 bits per heavy atom. The number of nitrogens with one attached hydrogen (secondary N) is 1. The van der Waals surface area contributed by atoms with E-state index in [0.29, 0.717) is 41.2 Å². The molecule has 0 aromatic heterocycles. The molecule has 0 aliphatic carbocycles. The number of carbonyl (C=O) groups excluding carboxylic acids is 1. The van der Waals surface area contributed by atoms with Crippen LogP contribution in [0.4, 0.5) is 14.5 Å². The van der Waals surface area contributed by atoms with Crippen molar-refractivity contribution in [3.8, 4) is 0 Å². The minimum atomic E-state index is -2.43. The fourth-order valence-corrected chi connectivity index (χ4v) is 2.57. The van der Waals surface area contributed by atoms with E-state index in [1.54, 1.807) is 24.3 Å². The summed E-state index contributed by atoms with van der Waals surface area (Å²) in [5.74, 6) is -2.01. The monoisotopic (exact) mass is 316 g/mol. The number of benzene rings is 1. The highest BCUT2D eigenvalue weighted by atomic mass is 32.2. The van der Waals surface area contributed by atoms with Crippen molar-refractivity contribution in [2.75, 3.05) is 11.9 Å². The van der Waals surface area contributed by atoms with Gasteiger partial charge in [0, 0.05) is 17.0 Å². The average molecular weight is 316 g/mol. The predicted octanol–water partition coefficient (Wildman–Crippen LogP) is 4.10. The number of halogens is 2. The Hall–Kier alpha value is -1.14. The van der Waals surface area contributed by atoms with Gasteiger partial charge >= 0.3 is 0 Å². The lowest BCUT2D eigenvalue weighted by Gasteiger charge is -2.13. The number of anilines is 1. The molecule has 0 saturated heterocycles. The van der Waals surface area contributed by atoms with Gasteiger partial charge in [-0.25, -0.2) is 0 Å². The quantitative estimate of drug-likeness (QED) is 0.675. The molecular formula is C15H22F2N2OS. The molecule has 1 atom stereocenters. The van der Waals surface area contributed by atoms with Gasteiger partial charge in [-0.3, -0.25) is 4.79 Å². The van der Waals surface area contributed by atoms with Crippen molar-refractivity contribution < 1.29 is 13.6 Å². The van der Waals surface area contributed by atoms with Gasteiger partial charge in [-0.2, -0.15) is 8.78 Å². The van der Waals surface area contributed by atoms with Gasteiger partial charge in [-0.15, -0.1) is 0 Å². The Balaban J connectivity index is 2.40. The van der Waals surface area contributed by atoms with Crippen LogP contribution in [0, 0.1) is 5.92 Å². The number of rotatable bonds is 9. The van der Waals surface area contributed by atoms with Crippen molar-refractivity contribution in [2.24, 2.45) is 11.7 Å². The standard InChI is InChI=1S/C15H22F2N2OS/c1-2-11(9-10-18)3-8-14(20)19-12-4-6-13(7-5-12)21-15(16)17/h4-7,11,15H,2-3,8-10,18H2,1H3,(H,19,20). The minimum absolute atomic E-state index is 0.0558. The molecule has 1 amide bonds. The van der Waals surface area contributed by atoms with Crippen molar-refractivity contribution >= 4 is 23.4 Å². The van der Waals surface area contributed by atoms with Crippen LogP contribution in [0.2, 0.25) is 0 Å². The van der Waals surface area contributed by atoms with Crippen LogP contribution in [0.1, 0.15) is 32.6 Å². The first kappa shape index (κ1) is 17.9. The van der Waals surface area contributed by atoms with Crippen LogP contribution in [0.25, 0.3) is 0 Å². The Labute approximate surface area is 128 Å². The summed E-state index contributed by atoms with van der Waals surface area (Å²) < 4.78 is 24.4. The van der Waals surface area contributed by atoms with Crippen LogP contribution in [-0.4, -0.2) is 18.2 Å². The van der Waals surface area contributed by atoms with E-state index in [4.69, 9.17) is 5.73 Å². The molecule has 118 valence electrons. The molecule has 1 unspecified atom stereocenters. The first-order chi connectivity index (χ1) is 10.0. The highest BCUT2D eigenvalue weighted by molar-refractivity contribution is 7.99. The fraction of sp³-hybridized carbons (Fsp3) is 0.533. The van der Waals surface area contributed by atoms with Gasteiger partial charge in [-0.05, 0) is 49.6 Å². The summed E-state index contributed by atoms with van der Waals surface area (Å²) in [7, 11) is 0. The smallest absolute Gasteiger partial charge is 0.288 e. The Bertz CT molecular complexity index is 426. The fourth-order valence-electron chi connectivity index (χ4n) is 2.07. The minimum Gasteiger partial charge on any atom is -0.330 e. The molecule has 0 heterocycles. The van der Waals surface area contributed by atoms with Crippen molar-refractivity contribution in [1.29, 1.82) is 0 Å². The lowest BCUT2D eigenvalue weighted by atomic mass is 9.96. The van der Waals surface area contributed by atoms with Crippen molar-refractivity contribution in [3.63, 3.8) is 0 Å². The zero-order chi connectivity index (χ0) is 15.7. The summed E-state index contributed by atoms with van der Waals surface area (Å²) in [6.07, 6.45) is 3.22. The highest BCUT2D eigenvalue weighted by Crippen LogP contribution is 2.26. The average Bonchev–Trinajstić information content (AvgIpc) is 2.45. The molecule has 6 heteroatoms. The lowest BCUT2D eigenvalue weighted by Crippen LogP contribution is -2.15. The van der Waals surface area contributed by atoms with Gasteiger partial charge in [0.05, 0.1) is 0 Å². The summed E-state index contributed by atoms with van der Waals surface area (Å²) in [6, 6.07) is 6.44. The third-order valence-corrected chi connectivity index (χ3v) is 4.02. The van der Waals surface area contributed by atoms with Crippen LogP contribution in [0.3, 0.4) is 0 Å². The first-order valence-electron chi connectivity index (χ1n) is 7.10. The summed E-state index contributed by atoms with van der Waals surface area (Å²) in [5, 5.41) is 2.78. The van der Waals surface area contributed by atoms with Crippen LogP contribution in [0.15, 0.2) is 29.2 Å². The van der Waals surface area contributed by atoms with Crippen LogP contribution in [-0.2, 0) is 4.79 Å². The van der Waals surface area contributed by atoms with E-state index in [0.717, 1.165) is 19.3 Å². The molecule has 0 saturated carbocycles. The van der Waals surface area contributed by atoms with E-state index in [1.807, 2.05) is 0 Å². The molecule has 21 heavy (non-hydrogen) atoms. The number of thioether (sulfide) groups is 1. The highest BCUT2D eigenvalue weighted by Gasteiger charge is 2.10. The van der Waals surface area contributed by atoms with Gasteiger partial charge in [0.15, 0.2) is 0 Å². The zero-order valence-electron chi connectivity index (χ0n) is 12.1. The zero-order valence-corrected chi connectivity index (χ0v) is 13.0. The maximum Gasteiger partial charge on any atom is 0.288 e. The Morgan fingerprint density at radius 3 is 2.48 bits per heavy atom. The topological polar surface area (TPSA) is 55.1 Å². The number of hydrogen-bond acceptors (Lipinski definition) is 3. The molecule has 0 spiro atoms. The molecule has 0 aliphatic heterocycles. The van der Waals surface area contributed by atoms with Crippen molar-refractivity contribution in [2.45, 2.75) is 43.3 Å². The third-order valence-electron chi connectivity index (χ3n) is 3.30. The van der Waals surface area contributed by atoms with Gasteiger partial charge in [0.25, 0.3) is 5.76 Å². The van der Waals surface area contributed by atoms with E-state index in [1.165, 1.54) is 0 Å². The van der Waals surface area contributed by atoms with Gasteiger partial charge in [-0.1, -0.05) is 25.1 Å². The molecule has 1 aromatic rings. The van der Waals surface area contributed by atoms with Gasteiger partial charge < -0.3 is 11.1 Å². The summed E-state index contributed by atoms with van der Waals surface area (Å²) in [5.41, 5.74) is 6.16. The van der Waals surface area contributed by atoms with Crippen molar-refractivity contribution in [3.05, 3.63) is 24.3 Å². The van der Waals surface area contributed by atoms with E-state index in [-0.39, 0.29) is 5.91 Å². The number of carbonyl (C=O) groups is 1. The SMILES string of the molecule is CCC(CCN)CCC(=O)Nc1ccc(SC(F)F)cc1. The predicted molar refractivity (Wildman–Crippen MR) is 83.6 cm³/mol. The maximum absolute atomic E-state index is 12.2. The third kappa shape index (κ3) is 7.43. The van der Waals surface area contributed by atoms with E-state index >= 15 is 0 Å². The molecule has 1 rings (SSSR count). The number of nitrogens with two attached hydrogens (primary N) is 1. The molecule has 3 nitrogen and oxygen atoms in total. The Morgan fingerprint density at radius 2 is 1.95 bits per heavy atom. The summed E-state index contributed by atoms with van der Waals surface area (Å²) in [6.45, 7) is 2.74. The van der Waals surface area contributed by atoms with Crippen molar-refractivity contribution in [1.82, 2.24) is 0 Å². The lowest BCUT2D eigenvalue weighted by molar-refractivity contribution is -0.116. The summed E-state index contributed by atoms with van der Waals surface area (Å²) in [4.78, 5) is 12.3. The van der Waals surface area contributed by atoms with Gasteiger partial charge in [0.2, 0.25) is 5.91 Å². The molecule has 0 fully saturated rings. The molecular weight excluding hydrogens is 294 g/mol. The second-order valence-electron chi connectivity index (χ2n) is 4.84.